The van der Waals surface area contributed by atoms with Crippen molar-refractivity contribution in [3.8, 4) is 0 Å². The summed E-state index contributed by atoms with van der Waals surface area (Å²) in [5.74, 6) is 3.04. The van der Waals surface area contributed by atoms with Crippen LogP contribution in [0.2, 0.25) is 0 Å². The third kappa shape index (κ3) is 1.98. The lowest BCUT2D eigenvalue weighted by Crippen LogP contribution is -2.28. The van der Waals surface area contributed by atoms with Crippen LogP contribution >= 0.6 is 0 Å². The van der Waals surface area contributed by atoms with Gasteiger partial charge in [-0.05, 0) is 37.0 Å². The first-order chi connectivity index (χ1) is 6.42. The maximum Gasteiger partial charge on any atom is -0.0202 e. The van der Waals surface area contributed by atoms with Gasteiger partial charge in [0.1, 0.15) is 0 Å². The van der Waals surface area contributed by atoms with Gasteiger partial charge < -0.3 is 0 Å². The number of hydrogen-bond acceptors (Lipinski definition) is 0. The molecule has 1 fully saturated rings. The quantitative estimate of drug-likeness (QED) is 0.557. The molecule has 0 aromatic rings. The van der Waals surface area contributed by atoms with Crippen LogP contribution in [0.3, 0.4) is 0 Å². The average Bonchev–Trinajstić information content (AvgIpc) is 2.19. The van der Waals surface area contributed by atoms with E-state index in [-0.39, 0.29) is 0 Å². The zero-order valence-corrected chi connectivity index (χ0v) is 8.84. The Labute approximate surface area is 82.4 Å². The monoisotopic (exact) mass is 178 g/mol. The molecule has 0 spiro atoms. The molecule has 1 saturated carbocycles. The second-order valence-corrected chi connectivity index (χ2v) is 4.82. The van der Waals surface area contributed by atoms with Gasteiger partial charge in [0, 0.05) is 0 Å². The van der Waals surface area contributed by atoms with E-state index in [4.69, 9.17) is 0 Å². The number of allylic oxidation sites excluding steroid dienone is 2. The normalized spacial score (nSPS) is 38.7. The highest BCUT2D eigenvalue weighted by molar-refractivity contribution is 5.01. The molecular weight excluding hydrogens is 156 g/mol. The highest BCUT2D eigenvalue weighted by atomic mass is 14.4. The number of hydrogen-bond donors (Lipinski definition) is 0. The number of rotatable bonds is 2. The predicted molar refractivity (Wildman–Crippen MR) is 57.6 cm³/mol. The molecule has 0 radical (unpaired) electrons. The minimum absolute atomic E-state index is 0.957. The Hall–Kier alpha value is -0.260. The van der Waals surface area contributed by atoms with Gasteiger partial charge in [-0.2, -0.15) is 0 Å². The van der Waals surface area contributed by atoms with Crippen LogP contribution in [0.5, 0.6) is 0 Å². The van der Waals surface area contributed by atoms with Crippen LogP contribution in [0.4, 0.5) is 0 Å². The van der Waals surface area contributed by atoms with E-state index < -0.39 is 0 Å². The summed E-state index contributed by atoms with van der Waals surface area (Å²) in [6.45, 7) is 2.33. The van der Waals surface area contributed by atoms with Crippen molar-refractivity contribution < 1.29 is 0 Å². The summed E-state index contributed by atoms with van der Waals surface area (Å²) in [5, 5.41) is 0. The summed E-state index contributed by atoms with van der Waals surface area (Å²) >= 11 is 0. The van der Waals surface area contributed by atoms with E-state index in [0.717, 1.165) is 17.8 Å². The summed E-state index contributed by atoms with van der Waals surface area (Å²) in [4.78, 5) is 0. The van der Waals surface area contributed by atoms with E-state index in [1.807, 2.05) is 0 Å². The molecule has 13 heavy (non-hydrogen) atoms. The van der Waals surface area contributed by atoms with Gasteiger partial charge in [-0.3, -0.25) is 0 Å². The van der Waals surface area contributed by atoms with Crippen molar-refractivity contribution in [3.63, 3.8) is 0 Å². The maximum atomic E-state index is 2.51. The molecule has 0 heteroatoms. The summed E-state index contributed by atoms with van der Waals surface area (Å²) in [6.07, 6.45) is 15.1. The Morgan fingerprint density at radius 3 is 2.92 bits per heavy atom. The van der Waals surface area contributed by atoms with Gasteiger partial charge in [0.15, 0.2) is 0 Å². The lowest BCUT2D eigenvalue weighted by molar-refractivity contribution is 0.174. The van der Waals surface area contributed by atoms with Crippen molar-refractivity contribution in [2.45, 2.75) is 51.9 Å². The van der Waals surface area contributed by atoms with Crippen molar-refractivity contribution in [1.82, 2.24) is 0 Å². The van der Waals surface area contributed by atoms with Crippen molar-refractivity contribution in [2.75, 3.05) is 0 Å². The fourth-order valence-electron chi connectivity index (χ4n) is 3.32. The van der Waals surface area contributed by atoms with Gasteiger partial charge in [0.05, 0.1) is 0 Å². The van der Waals surface area contributed by atoms with Crippen LogP contribution in [0.1, 0.15) is 51.9 Å². The summed E-state index contributed by atoms with van der Waals surface area (Å²) in [5.41, 5.74) is 0. The van der Waals surface area contributed by atoms with Crippen LogP contribution < -0.4 is 0 Å². The molecule has 2 aliphatic carbocycles. The first-order valence-corrected chi connectivity index (χ1v) is 6.08. The SMILES string of the molecule is CCCC1CC=CC2CCCCC21. The Morgan fingerprint density at radius 1 is 1.23 bits per heavy atom. The van der Waals surface area contributed by atoms with Gasteiger partial charge >= 0.3 is 0 Å². The average molecular weight is 178 g/mol. The van der Waals surface area contributed by atoms with E-state index in [1.165, 1.54) is 44.9 Å². The zero-order chi connectivity index (χ0) is 9.10. The molecule has 0 N–H and O–H groups in total. The number of fused-ring (bicyclic) bond motifs is 1. The third-order valence-electron chi connectivity index (χ3n) is 3.96. The lowest BCUT2D eigenvalue weighted by atomic mass is 9.67. The van der Waals surface area contributed by atoms with Gasteiger partial charge in [0.25, 0.3) is 0 Å². The van der Waals surface area contributed by atoms with E-state index in [2.05, 4.69) is 19.1 Å². The topological polar surface area (TPSA) is 0 Å². The van der Waals surface area contributed by atoms with Gasteiger partial charge in [-0.15, -0.1) is 0 Å². The summed E-state index contributed by atoms with van der Waals surface area (Å²) < 4.78 is 0. The zero-order valence-electron chi connectivity index (χ0n) is 8.84. The van der Waals surface area contributed by atoms with E-state index in [0.29, 0.717) is 0 Å². The second-order valence-electron chi connectivity index (χ2n) is 4.82. The highest BCUT2D eigenvalue weighted by Gasteiger charge is 2.31. The van der Waals surface area contributed by atoms with Gasteiger partial charge in [0.2, 0.25) is 0 Å². The van der Waals surface area contributed by atoms with Crippen LogP contribution in [0, 0.1) is 17.8 Å². The molecule has 0 aliphatic heterocycles. The first kappa shape index (κ1) is 9.30. The van der Waals surface area contributed by atoms with E-state index >= 15 is 0 Å². The molecule has 0 heterocycles. The van der Waals surface area contributed by atoms with Gasteiger partial charge in [-0.1, -0.05) is 44.8 Å². The lowest BCUT2D eigenvalue weighted by Gasteiger charge is -2.38. The fraction of sp³-hybridized carbons (Fsp3) is 0.846. The molecule has 0 bridgehead atoms. The van der Waals surface area contributed by atoms with Gasteiger partial charge in [-0.25, -0.2) is 0 Å². The molecule has 0 amide bonds. The predicted octanol–water partition coefficient (Wildman–Crippen LogP) is 4.17. The fourth-order valence-corrected chi connectivity index (χ4v) is 3.32. The maximum absolute atomic E-state index is 2.51. The van der Waals surface area contributed by atoms with Crippen molar-refractivity contribution in [2.24, 2.45) is 17.8 Å². The molecule has 3 unspecified atom stereocenters. The molecule has 0 aromatic carbocycles. The van der Waals surface area contributed by atoms with Crippen LogP contribution in [-0.2, 0) is 0 Å². The van der Waals surface area contributed by atoms with Crippen LogP contribution in [-0.4, -0.2) is 0 Å². The Morgan fingerprint density at radius 2 is 2.08 bits per heavy atom. The van der Waals surface area contributed by atoms with Crippen molar-refractivity contribution in [1.29, 1.82) is 0 Å². The highest BCUT2D eigenvalue weighted by Crippen LogP contribution is 2.42. The molecule has 2 rings (SSSR count). The summed E-state index contributed by atoms with van der Waals surface area (Å²) in [7, 11) is 0. The Kier molecular flexibility index (Phi) is 3.08. The first-order valence-electron chi connectivity index (χ1n) is 6.08. The Bertz CT molecular complexity index is 180. The molecule has 3 atom stereocenters. The van der Waals surface area contributed by atoms with Crippen LogP contribution in [0.15, 0.2) is 12.2 Å². The third-order valence-corrected chi connectivity index (χ3v) is 3.96. The molecule has 2 aliphatic rings. The largest absolute Gasteiger partial charge is 0.0880 e. The minimum atomic E-state index is 0.957. The summed E-state index contributed by atoms with van der Waals surface area (Å²) in [6, 6.07) is 0. The van der Waals surface area contributed by atoms with E-state index in [1.54, 1.807) is 0 Å². The molecule has 0 saturated heterocycles. The standard InChI is InChI=1S/C13H22/c1-2-6-11-8-5-9-12-7-3-4-10-13(11)12/h5,9,11-13H,2-4,6-8,10H2,1H3. The molecule has 0 nitrogen and oxygen atoms in total. The van der Waals surface area contributed by atoms with E-state index in [9.17, 15) is 0 Å². The molecule has 0 aromatic heterocycles. The molecule has 74 valence electrons. The van der Waals surface area contributed by atoms with Crippen molar-refractivity contribution >= 4 is 0 Å². The second kappa shape index (κ2) is 4.30. The smallest absolute Gasteiger partial charge is 0.0202 e. The molecular formula is C13H22. The Balaban J connectivity index is 2.01. The van der Waals surface area contributed by atoms with Crippen LogP contribution in [0.25, 0.3) is 0 Å². The minimum Gasteiger partial charge on any atom is -0.0880 e. The van der Waals surface area contributed by atoms with Crippen molar-refractivity contribution in [3.05, 3.63) is 12.2 Å².